The van der Waals surface area contributed by atoms with Crippen molar-refractivity contribution in [3.8, 4) is 0 Å². The van der Waals surface area contributed by atoms with E-state index in [0.29, 0.717) is 12.2 Å². The summed E-state index contributed by atoms with van der Waals surface area (Å²) in [5, 5.41) is 17.8. The van der Waals surface area contributed by atoms with Crippen LogP contribution >= 0.6 is 24.4 Å². The van der Waals surface area contributed by atoms with Crippen LogP contribution < -0.4 is 0 Å². The zero-order valence-electron chi connectivity index (χ0n) is 12.4. The van der Waals surface area contributed by atoms with Crippen molar-refractivity contribution in [1.82, 2.24) is 0 Å². The monoisotopic (exact) mass is 342 g/mol. The predicted molar refractivity (Wildman–Crippen MR) is 92.9 cm³/mol. The fourth-order valence-corrected chi connectivity index (χ4v) is 3.81. The van der Waals surface area contributed by atoms with Gasteiger partial charge in [-0.25, -0.2) is 0 Å². The molecule has 0 bridgehead atoms. The van der Waals surface area contributed by atoms with Crippen LogP contribution in [0.25, 0.3) is 0 Å². The molecule has 0 aliphatic heterocycles. The molecular formula is C16H22O4S2. The molecule has 6 heteroatoms. The summed E-state index contributed by atoms with van der Waals surface area (Å²) in [6.07, 6.45) is 1.32. The van der Waals surface area contributed by atoms with E-state index in [1.165, 1.54) is 5.56 Å². The van der Waals surface area contributed by atoms with Gasteiger partial charge < -0.3 is 10.2 Å². The van der Waals surface area contributed by atoms with Crippen molar-refractivity contribution in [2.75, 3.05) is 11.5 Å². The maximum Gasteiger partial charge on any atom is 0.303 e. The molecule has 122 valence electrons. The summed E-state index contributed by atoms with van der Waals surface area (Å²) in [5.74, 6) is -0.373. The number of carboxylic acids is 2. The molecule has 1 aromatic rings. The molecule has 0 saturated heterocycles. The minimum Gasteiger partial charge on any atom is -0.481 e. The highest BCUT2D eigenvalue weighted by Crippen LogP contribution is 2.21. The average molecular weight is 342 g/mol. The molecule has 0 radical (unpaired) electrons. The predicted octanol–water partition coefficient (Wildman–Crippen LogP) is 3.22. The van der Waals surface area contributed by atoms with Gasteiger partial charge >= 0.3 is 11.9 Å². The Hall–Kier alpha value is -1.14. The van der Waals surface area contributed by atoms with E-state index in [4.69, 9.17) is 10.2 Å². The first kappa shape index (κ1) is 18.9. The minimum absolute atomic E-state index is 0.0207. The Morgan fingerprint density at radius 3 is 2.36 bits per heavy atom. The number of thiol groups is 1. The van der Waals surface area contributed by atoms with Crippen molar-refractivity contribution in [3.05, 3.63) is 35.9 Å². The first-order valence-corrected chi connectivity index (χ1v) is 8.87. The molecule has 2 atom stereocenters. The number of hydrogen-bond donors (Lipinski definition) is 3. The van der Waals surface area contributed by atoms with Crippen molar-refractivity contribution in [1.29, 1.82) is 0 Å². The van der Waals surface area contributed by atoms with Gasteiger partial charge in [0.2, 0.25) is 0 Å². The molecule has 0 saturated carbocycles. The molecule has 22 heavy (non-hydrogen) atoms. The van der Waals surface area contributed by atoms with Gasteiger partial charge in [-0.2, -0.15) is 24.4 Å². The molecule has 0 spiro atoms. The van der Waals surface area contributed by atoms with E-state index < -0.39 is 11.9 Å². The molecule has 1 aromatic carbocycles. The van der Waals surface area contributed by atoms with E-state index in [0.717, 1.165) is 12.2 Å². The van der Waals surface area contributed by atoms with Crippen LogP contribution in [0.15, 0.2) is 30.3 Å². The normalized spacial score (nSPS) is 13.5. The summed E-state index contributed by atoms with van der Waals surface area (Å²) in [6.45, 7) is 0. The standard InChI is InChI=1S/C16H22O4S2/c17-15(18)7-6-13(9-16(19)20)10-22-11-14(21)8-12-4-2-1-3-5-12/h1-5,13-14,21H,6-11H2,(H,17,18)(H,19,20). The van der Waals surface area contributed by atoms with Crippen LogP contribution in [0.5, 0.6) is 0 Å². The fraction of sp³-hybridized carbons (Fsp3) is 0.500. The number of thioether (sulfide) groups is 1. The highest BCUT2D eigenvalue weighted by molar-refractivity contribution is 8.00. The molecule has 0 heterocycles. The largest absolute Gasteiger partial charge is 0.481 e. The lowest BCUT2D eigenvalue weighted by Gasteiger charge is -2.15. The quantitative estimate of drug-likeness (QED) is 0.539. The van der Waals surface area contributed by atoms with Gasteiger partial charge in [0.1, 0.15) is 0 Å². The Kier molecular flexibility index (Phi) is 9.08. The summed E-state index contributed by atoms with van der Waals surface area (Å²) in [7, 11) is 0. The Balaban J connectivity index is 2.31. The van der Waals surface area contributed by atoms with E-state index in [1.807, 2.05) is 18.2 Å². The summed E-state index contributed by atoms with van der Waals surface area (Å²) < 4.78 is 0. The fourth-order valence-electron chi connectivity index (χ4n) is 2.13. The molecule has 2 unspecified atom stereocenters. The van der Waals surface area contributed by atoms with Crippen molar-refractivity contribution in [2.45, 2.75) is 30.9 Å². The van der Waals surface area contributed by atoms with E-state index in [2.05, 4.69) is 24.8 Å². The SMILES string of the molecule is O=C(O)CCC(CSCC(S)Cc1ccccc1)CC(=O)O. The number of carbonyl (C=O) groups is 2. The number of carboxylic acid groups (broad SMARTS) is 2. The van der Waals surface area contributed by atoms with Crippen LogP contribution in [0, 0.1) is 5.92 Å². The summed E-state index contributed by atoms with van der Waals surface area (Å²) in [6, 6.07) is 10.1. The van der Waals surface area contributed by atoms with E-state index in [1.54, 1.807) is 11.8 Å². The zero-order valence-corrected chi connectivity index (χ0v) is 14.1. The Bertz CT molecular complexity index is 464. The second kappa shape index (κ2) is 10.6. The van der Waals surface area contributed by atoms with Crippen molar-refractivity contribution in [2.24, 2.45) is 5.92 Å². The van der Waals surface area contributed by atoms with Gasteiger partial charge in [-0.1, -0.05) is 30.3 Å². The first-order valence-electron chi connectivity index (χ1n) is 7.20. The maximum absolute atomic E-state index is 10.8. The Morgan fingerprint density at radius 1 is 1.09 bits per heavy atom. The zero-order chi connectivity index (χ0) is 16.4. The molecule has 2 N–H and O–H groups in total. The van der Waals surface area contributed by atoms with Crippen LogP contribution in [0.4, 0.5) is 0 Å². The van der Waals surface area contributed by atoms with E-state index >= 15 is 0 Å². The lowest BCUT2D eigenvalue weighted by molar-refractivity contribution is -0.140. The van der Waals surface area contributed by atoms with Gasteiger partial charge in [0.25, 0.3) is 0 Å². The number of rotatable bonds is 11. The van der Waals surface area contributed by atoms with E-state index in [9.17, 15) is 9.59 Å². The minimum atomic E-state index is -0.878. The number of hydrogen-bond acceptors (Lipinski definition) is 4. The Labute approximate surface area is 140 Å². The second-order valence-electron chi connectivity index (χ2n) is 5.28. The third-order valence-corrected chi connectivity index (χ3v) is 5.17. The molecule has 0 aliphatic carbocycles. The average Bonchev–Trinajstić information content (AvgIpc) is 2.45. The van der Waals surface area contributed by atoms with Gasteiger partial charge in [-0.3, -0.25) is 9.59 Å². The van der Waals surface area contributed by atoms with Gasteiger partial charge in [0.15, 0.2) is 0 Å². The van der Waals surface area contributed by atoms with Crippen molar-refractivity contribution >= 4 is 36.3 Å². The smallest absolute Gasteiger partial charge is 0.303 e. The highest BCUT2D eigenvalue weighted by atomic mass is 32.2. The third kappa shape index (κ3) is 9.00. The molecule has 0 aromatic heterocycles. The Morgan fingerprint density at radius 2 is 1.77 bits per heavy atom. The topological polar surface area (TPSA) is 74.6 Å². The van der Waals surface area contributed by atoms with Crippen LogP contribution in [-0.2, 0) is 16.0 Å². The van der Waals surface area contributed by atoms with Gasteiger partial charge in [0.05, 0.1) is 0 Å². The molecule has 0 fully saturated rings. The second-order valence-corrected chi connectivity index (χ2v) is 7.08. The third-order valence-electron chi connectivity index (χ3n) is 3.21. The lowest BCUT2D eigenvalue weighted by atomic mass is 10.0. The van der Waals surface area contributed by atoms with Crippen LogP contribution in [0.3, 0.4) is 0 Å². The van der Waals surface area contributed by atoms with Crippen molar-refractivity contribution < 1.29 is 19.8 Å². The van der Waals surface area contributed by atoms with Crippen molar-refractivity contribution in [3.63, 3.8) is 0 Å². The number of benzene rings is 1. The molecule has 1 rings (SSSR count). The summed E-state index contributed by atoms with van der Waals surface area (Å²) in [5.41, 5.74) is 1.23. The molecular weight excluding hydrogens is 320 g/mol. The summed E-state index contributed by atoms with van der Waals surface area (Å²) >= 11 is 6.22. The first-order chi connectivity index (χ1) is 10.5. The molecule has 0 amide bonds. The molecule has 4 nitrogen and oxygen atoms in total. The maximum atomic E-state index is 10.8. The van der Waals surface area contributed by atoms with Crippen LogP contribution in [0.1, 0.15) is 24.8 Å². The van der Waals surface area contributed by atoms with E-state index in [-0.39, 0.29) is 24.0 Å². The molecule has 0 aliphatic rings. The van der Waals surface area contributed by atoms with Gasteiger partial charge in [-0.15, -0.1) is 0 Å². The van der Waals surface area contributed by atoms with Crippen LogP contribution in [0.2, 0.25) is 0 Å². The summed E-state index contributed by atoms with van der Waals surface area (Å²) in [4.78, 5) is 21.4. The number of aliphatic carboxylic acids is 2. The van der Waals surface area contributed by atoms with Gasteiger partial charge in [-0.05, 0) is 30.1 Å². The van der Waals surface area contributed by atoms with Gasteiger partial charge in [0, 0.05) is 23.8 Å². The lowest BCUT2D eigenvalue weighted by Crippen LogP contribution is -2.14. The van der Waals surface area contributed by atoms with Crippen LogP contribution in [-0.4, -0.2) is 38.9 Å². The highest BCUT2D eigenvalue weighted by Gasteiger charge is 2.16.